The van der Waals surface area contributed by atoms with E-state index in [1.807, 2.05) is 19.2 Å². The van der Waals surface area contributed by atoms with Crippen molar-refractivity contribution in [3.8, 4) is 0 Å². The molecule has 3 aromatic rings. The zero-order chi connectivity index (χ0) is 14.7. The fourth-order valence-corrected chi connectivity index (χ4v) is 2.74. The highest BCUT2D eigenvalue weighted by atomic mass is 14.9. The van der Waals surface area contributed by atoms with E-state index in [0.29, 0.717) is 0 Å². The number of aromatic nitrogens is 2. The highest BCUT2D eigenvalue weighted by molar-refractivity contribution is 5.78. The molecular weight excluding hydrogens is 258 g/mol. The van der Waals surface area contributed by atoms with Crippen LogP contribution in [0.3, 0.4) is 0 Å². The summed E-state index contributed by atoms with van der Waals surface area (Å²) in [5, 5.41) is 3.41. The number of hydrogen-bond acceptors (Lipinski definition) is 3. The van der Waals surface area contributed by atoms with Crippen molar-refractivity contribution in [2.45, 2.75) is 19.4 Å². The number of benzene rings is 2. The molecule has 106 valence electrons. The SMILES string of the molecule is CCc1cccc(C(NC)c2cccc3nccnc23)c1. The first-order valence-corrected chi connectivity index (χ1v) is 7.29. The lowest BCUT2D eigenvalue weighted by molar-refractivity contribution is 0.694. The molecular formula is C18H19N3. The van der Waals surface area contributed by atoms with Gasteiger partial charge in [-0.2, -0.15) is 0 Å². The Labute approximate surface area is 125 Å². The van der Waals surface area contributed by atoms with Crippen LogP contribution >= 0.6 is 0 Å². The van der Waals surface area contributed by atoms with Gasteiger partial charge in [-0.1, -0.05) is 43.3 Å². The molecule has 1 N–H and O–H groups in total. The number of aryl methyl sites for hydroxylation is 1. The Morgan fingerprint density at radius 1 is 1.05 bits per heavy atom. The monoisotopic (exact) mass is 277 g/mol. The molecule has 0 aliphatic carbocycles. The molecule has 0 aliphatic heterocycles. The van der Waals surface area contributed by atoms with Crippen molar-refractivity contribution in [1.82, 2.24) is 15.3 Å². The molecule has 0 saturated heterocycles. The maximum absolute atomic E-state index is 4.52. The summed E-state index contributed by atoms with van der Waals surface area (Å²) in [5.41, 5.74) is 5.66. The third-order valence-corrected chi connectivity index (χ3v) is 3.82. The largest absolute Gasteiger partial charge is 0.309 e. The number of rotatable bonds is 4. The molecule has 0 aliphatic rings. The average molecular weight is 277 g/mol. The summed E-state index contributed by atoms with van der Waals surface area (Å²) in [6.45, 7) is 2.18. The standard InChI is InChI=1S/C18H19N3/c1-3-13-6-4-7-14(12-13)17(19-2)15-8-5-9-16-18(15)21-11-10-20-16/h4-12,17,19H,3H2,1-2H3. The summed E-state index contributed by atoms with van der Waals surface area (Å²) in [5.74, 6) is 0. The van der Waals surface area contributed by atoms with E-state index in [2.05, 4.69) is 52.5 Å². The molecule has 1 unspecified atom stereocenters. The fourth-order valence-electron chi connectivity index (χ4n) is 2.74. The fraction of sp³-hybridized carbons (Fsp3) is 0.222. The van der Waals surface area contributed by atoms with Gasteiger partial charge in [-0.05, 0) is 30.7 Å². The molecule has 1 heterocycles. The van der Waals surface area contributed by atoms with Crippen molar-refractivity contribution in [1.29, 1.82) is 0 Å². The van der Waals surface area contributed by atoms with E-state index >= 15 is 0 Å². The maximum atomic E-state index is 4.52. The molecule has 2 aromatic carbocycles. The summed E-state index contributed by atoms with van der Waals surface area (Å²) in [7, 11) is 1.98. The average Bonchev–Trinajstić information content (AvgIpc) is 2.56. The predicted octanol–water partition coefficient (Wildman–Crippen LogP) is 3.50. The third-order valence-electron chi connectivity index (χ3n) is 3.82. The molecule has 1 aromatic heterocycles. The van der Waals surface area contributed by atoms with Gasteiger partial charge in [0.05, 0.1) is 17.1 Å². The minimum absolute atomic E-state index is 0.122. The Morgan fingerprint density at radius 3 is 2.67 bits per heavy atom. The summed E-state index contributed by atoms with van der Waals surface area (Å²) in [6, 6.07) is 15.0. The Balaban J connectivity index is 2.13. The zero-order valence-electron chi connectivity index (χ0n) is 12.4. The van der Waals surface area contributed by atoms with Gasteiger partial charge in [-0.25, -0.2) is 0 Å². The van der Waals surface area contributed by atoms with E-state index in [1.54, 1.807) is 12.4 Å². The number of para-hydroxylation sites is 1. The summed E-state index contributed by atoms with van der Waals surface area (Å²) < 4.78 is 0. The van der Waals surface area contributed by atoms with Crippen LogP contribution in [0, 0.1) is 0 Å². The molecule has 0 bridgehead atoms. The molecule has 0 radical (unpaired) electrons. The highest BCUT2D eigenvalue weighted by Crippen LogP contribution is 2.27. The van der Waals surface area contributed by atoms with Gasteiger partial charge < -0.3 is 5.32 Å². The minimum Gasteiger partial charge on any atom is -0.309 e. The third kappa shape index (κ3) is 2.65. The molecule has 3 heteroatoms. The van der Waals surface area contributed by atoms with E-state index < -0.39 is 0 Å². The molecule has 21 heavy (non-hydrogen) atoms. The second-order valence-electron chi connectivity index (χ2n) is 5.09. The van der Waals surface area contributed by atoms with Crippen LogP contribution in [0.25, 0.3) is 11.0 Å². The molecule has 3 nitrogen and oxygen atoms in total. The number of nitrogens with zero attached hydrogens (tertiary/aromatic N) is 2. The smallest absolute Gasteiger partial charge is 0.0937 e. The molecule has 1 atom stereocenters. The van der Waals surface area contributed by atoms with E-state index in [0.717, 1.165) is 23.0 Å². The van der Waals surface area contributed by atoms with Gasteiger partial charge in [0.15, 0.2) is 0 Å². The quantitative estimate of drug-likeness (QED) is 0.793. The van der Waals surface area contributed by atoms with Crippen LogP contribution in [-0.4, -0.2) is 17.0 Å². The Morgan fingerprint density at radius 2 is 1.86 bits per heavy atom. The second kappa shape index (κ2) is 6.02. The van der Waals surface area contributed by atoms with Gasteiger partial charge in [0.2, 0.25) is 0 Å². The molecule has 0 spiro atoms. The zero-order valence-corrected chi connectivity index (χ0v) is 12.4. The van der Waals surface area contributed by atoms with Gasteiger partial charge in [0, 0.05) is 18.0 Å². The van der Waals surface area contributed by atoms with Crippen molar-refractivity contribution in [2.24, 2.45) is 0 Å². The van der Waals surface area contributed by atoms with Gasteiger partial charge >= 0.3 is 0 Å². The lowest BCUT2D eigenvalue weighted by Gasteiger charge is -2.19. The van der Waals surface area contributed by atoms with Crippen LogP contribution in [0.1, 0.15) is 29.7 Å². The summed E-state index contributed by atoms with van der Waals surface area (Å²) >= 11 is 0. The van der Waals surface area contributed by atoms with E-state index in [9.17, 15) is 0 Å². The van der Waals surface area contributed by atoms with Gasteiger partial charge in [0.25, 0.3) is 0 Å². The first kappa shape index (κ1) is 13.7. The van der Waals surface area contributed by atoms with Crippen molar-refractivity contribution in [3.63, 3.8) is 0 Å². The van der Waals surface area contributed by atoms with Crippen LogP contribution < -0.4 is 5.32 Å². The van der Waals surface area contributed by atoms with Crippen molar-refractivity contribution >= 4 is 11.0 Å². The van der Waals surface area contributed by atoms with Crippen LogP contribution in [0.2, 0.25) is 0 Å². The predicted molar refractivity (Wildman–Crippen MR) is 86.3 cm³/mol. The van der Waals surface area contributed by atoms with Gasteiger partial charge in [-0.3, -0.25) is 9.97 Å². The lowest BCUT2D eigenvalue weighted by Crippen LogP contribution is -2.18. The van der Waals surface area contributed by atoms with Crippen molar-refractivity contribution < 1.29 is 0 Å². The van der Waals surface area contributed by atoms with E-state index in [-0.39, 0.29) is 6.04 Å². The number of nitrogens with one attached hydrogen (secondary N) is 1. The number of fused-ring (bicyclic) bond motifs is 1. The molecule has 3 rings (SSSR count). The first-order valence-electron chi connectivity index (χ1n) is 7.29. The Kier molecular flexibility index (Phi) is 3.93. The van der Waals surface area contributed by atoms with Gasteiger partial charge in [-0.15, -0.1) is 0 Å². The van der Waals surface area contributed by atoms with Crippen LogP contribution in [0.15, 0.2) is 54.9 Å². The maximum Gasteiger partial charge on any atom is 0.0937 e. The summed E-state index contributed by atoms with van der Waals surface area (Å²) in [6.07, 6.45) is 4.53. The van der Waals surface area contributed by atoms with Crippen LogP contribution in [0.4, 0.5) is 0 Å². The molecule has 0 saturated carbocycles. The van der Waals surface area contributed by atoms with Crippen LogP contribution in [0.5, 0.6) is 0 Å². The van der Waals surface area contributed by atoms with E-state index in [1.165, 1.54) is 11.1 Å². The van der Waals surface area contributed by atoms with Crippen molar-refractivity contribution in [2.75, 3.05) is 7.05 Å². The van der Waals surface area contributed by atoms with Crippen molar-refractivity contribution in [3.05, 3.63) is 71.5 Å². The van der Waals surface area contributed by atoms with Gasteiger partial charge in [0.1, 0.15) is 0 Å². The molecule has 0 amide bonds. The van der Waals surface area contributed by atoms with E-state index in [4.69, 9.17) is 0 Å². The number of hydrogen-bond donors (Lipinski definition) is 1. The normalized spacial score (nSPS) is 12.5. The highest BCUT2D eigenvalue weighted by Gasteiger charge is 2.16. The topological polar surface area (TPSA) is 37.8 Å². The second-order valence-corrected chi connectivity index (χ2v) is 5.09. The minimum atomic E-state index is 0.122. The summed E-state index contributed by atoms with van der Waals surface area (Å²) in [4.78, 5) is 8.91. The first-order chi connectivity index (χ1) is 10.3. The van der Waals surface area contributed by atoms with Crippen LogP contribution in [-0.2, 0) is 6.42 Å². The molecule has 0 fully saturated rings. The Hall–Kier alpha value is -2.26. The lowest BCUT2D eigenvalue weighted by atomic mass is 9.95. The Bertz CT molecular complexity index is 747.